The van der Waals surface area contributed by atoms with Gasteiger partial charge in [0.15, 0.2) is 0 Å². The number of fused-ring (bicyclic) bond motifs is 3. The van der Waals surface area contributed by atoms with Crippen molar-refractivity contribution in [3.8, 4) is 5.75 Å². The zero-order valence-corrected chi connectivity index (χ0v) is 14.0. The molecule has 1 aromatic heterocycles. The van der Waals surface area contributed by atoms with Crippen molar-refractivity contribution in [2.75, 3.05) is 0 Å². The number of rotatable bonds is 4. The second-order valence-corrected chi connectivity index (χ2v) is 7.09. The fourth-order valence-corrected chi connectivity index (χ4v) is 3.65. The van der Waals surface area contributed by atoms with Gasteiger partial charge in [-0.25, -0.2) is 0 Å². The predicted molar refractivity (Wildman–Crippen MR) is 94.6 cm³/mol. The maximum atomic E-state index is 12.4. The summed E-state index contributed by atoms with van der Waals surface area (Å²) in [7, 11) is -4.21. The molecule has 0 fully saturated rings. The van der Waals surface area contributed by atoms with Crippen LogP contribution in [-0.4, -0.2) is 13.3 Å². The highest BCUT2D eigenvalue weighted by atomic mass is 32.2. The summed E-state index contributed by atoms with van der Waals surface area (Å²) in [5, 5.41) is 12.4. The molecule has 0 bridgehead atoms. The summed E-state index contributed by atoms with van der Waals surface area (Å²) >= 11 is 0. The number of nitrogens with zero attached hydrogens (tertiary/aromatic N) is 1. The van der Waals surface area contributed by atoms with Crippen LogP contribution in [0.25, 0.3) is 21.9 Å². The molecule has 4 aromatic rings. The molecule has 0 saturated carbocycles. The van der Waals surface area contributed by atoms with Crippen LogP contribution in [0.3, 0.4) is 0 Å². The Bertz CT molecular complexity index is 1260. The van der Waals surface area contributed by atoms with Crippen molar-refractivity contribution in [1.82, 2.24) is 0 Å². The minimum absolute atomic E-state index is 0.0931. The quantitative estimate of drug-likeness (QED) is 0.303. The Kier molecular flexibility index (Phi) is 3.62. The van der Waals surface area contributed by atoms with Gasteiger partial charge < -0.3 is 8.60 Å². The number of hydrogen-bond donors (Lipinski definition) is 0. The van der Waals surface area contributed by atoms with Gasteiger partial charge in [-0.3, -0.25) is 10.1 Å². The molecule has 3 aromatic carbocycles. The van der Waals surface area contributed by atoms with Gasteiger partial charge in [-0.1, -0.05) is 24.3 Å². The van der Waals surface area contributed by atoms with Crippen molar-refractivity contribution in [2.24, 2.45) is 0 Å². The predicted octanol–water partition coefficient (Wildman–Crippen LogP) is 4.26. The number of non-ortho nitro benzene ring substituents is 1. The molecule has 0 radical (unpaired) electrons. The molecule has 26 heavy (non-hydrogen) atoms. The van der Waals surface area contributed by atoms with Crippen LogP contribution >= 0.6 is 0 Å². The van der Waals surface area contributed by atoms with Crippen LogP contribution in [0.5, 0.6) is 5.75 Å². The van der Waals surface area contributed by atoms with E-state index >= 15 is 0 Å². The van der Waals surface area contributed by atoms with E-state index in [0.29, 0.717) is 16.6 Å². The zero-order chi connectivity index (χ0) is 18.3. The van der Waals surface area contributed by atoms with Crippen molar-refractivity contribution in [3.05, 3.63) is 76.8 Å². The van der Waals surface area contributed by atoms with Crippen molar-refractivity contribution in [1.29, 1.82) is 0 Å². The van der Waals surface area contributed by atoms with Gasteiger partial charge in [0.25, 0.3) is 5.69 Å². The highest BCUT2D eigenvalue weighted by Crippen LogP contribution is 2.32. The molecule has 0 aliphatic heterocycles. The van der Waals surface area contributed by atoms with E-state index in [9.17, 15) is 18.5 Å². The molecule has 0 N–H and O–H groups in total. The van der Waals surface area contributed by atoms with Crippen LogP contribution in [-0.2, 0) is 10.1 Å². The lowest BCUT2D eigenvalue weighted by Crippen LogP contribution is -2.10. The van der Waals surface area contributed by atoms with Gasteiger partial charge in [-0.05, 0) is 30.3 Å². The van der Waals surface area contributed by atoms with E-state index in [-0.39, 0.29) is 16.3 Å². The topological polar surface area (TPSA) is 99.7 Å². The van der Waals surface area contributed by atoms with Crippen LogP contribution in [0.1, 0.15) is 0 Å². The second kappa shape index (κ2) is 5.85. The SMILES string of the molecule is O=[N+]([O-])c1cccc(S(=O)(=O)Oc2ccc3oc4ccccc4c3c2)c1. The maximum Gasteiger partial charge on any atom is 0.339 e. The Hall–Kier alpha value is -3.39. The first-order chi connectivity index (χ1) is 12.4. The molecule has 0 spiro atoms. The van der Waals surface area contributed by atoms with Gasteiger partial charge >= 0.3 is 10.1 Å². The molecular formula is C18H11NO6S. The lowest BCUT2D eigenvalue weighted by atomic mass is 10.1. The molecular weight excluding hydrogens is 358 g/mol. The maximum absolute atomic E-state index is 12.4. The Labute approximate surface area is 147 Å². The molecule has 0 unspecified atom stereocenters. The summed E-state index contributed by atoms with van der Waals surface area (Å²) < 4.78 is 35.7. The van der Waals surface area contributed by atoms with E-state index in [1.54, 1.807) is 12.1 Å². The minimum Gasteiger partial charge on any atom is -0.456 e. The highest BCUT2D eigenvalue weighted by Gasteiger charge is 2.20. The van der Waals surface area contributed by atoms with E-state index in [2.05, 4.69) is 0 Å². The molecule has 1 heterocycles. The first kappa shape index (κ1) is 16.1. The van der Waals surface area contributed by atoms with Crippen molar-refractivity contribution in [2.45, 2.75) is 4.90 Å². The summed E-state index contributed by atoms with van der Waals surface area (Å²) in [6.45, 7) is 0. The third kappa shape index (κ3) is 2.76. The van der Waals surface area contributed by atoms with E-state index < -0.39 is 15.0 Å². The molecule has 4 rings (SSSR count). The molecule has 0 atom stereocenters. The van der Waals surface area contributed by atoms with Gasteiger partial charge in [0.2, 0.25) is 0 Å². The lowest BCUT2D eigenvalue weighted by Gasteiger charge is -2.07. The summed E-state index contributed by atoms with van der Waals surface area (Å²) in [6.07, 6.45) is 0. The number of para-hydroxylation sites is 1. The third-order valence-corrected chi connectivity index (χ3v) is 5.11. The van der Waals surface area contributed by atoms with Crippen LogP contribution in [0.4, 0.5) is 5.69 Å². The van der Waals surface area contributed by atoms with E-state index in [1.807, 2.05) is 24.3 Å². The molecule has 130 valence electrons. The van der Waals surface area contributed by atoms with E-state index in [4.69, 9.17) is 8.60 Å². The van der Waals surface area contributed by atoms with Gasteiger partial charge in [-0.15, -0.1) is 0 Å². The lowest BCUT2D eigenvalue weighted by molar-refractivity contribution is -0.385. The standard InChI is InChI=1S/C18H11NO6S/c20-19(21)12-4-3-5-14(10-12)26(22,23)25-13-8-9-18-16(11-13)15-6-1-2-7-17(15)24-18/h1-11H. The van der Waals surface area contributed by atoms with Gasteiger partial charge in [-0.2, -0.15) is 8.42 Å². The number of furan rings is 1. The molecule has 8 heteroatoms. The average Bonchev–Trinajstić information content (AvgIpc) is 2.99. The van der Waals surface area contributed by atoms with Crippen molar-refractivity contribution < 1.29 is 21.9 Å². The normalized spacial score (nSPS) is 11.7. The number of nitro groups is 1. The first-order valence-electron chi connectivity index (χ1n) is 7.54. The average molecular weight is 369 g/mol. The van der Waals surface area contributed by atoms with Crippen LogP contribution in [0.2, 0.25) is 0 Å². The first-order valence-corrected chi connectivity index (χ1v) is 8.95. The second-order valence-electron chi connectivity index (χ2n) is 5.55. The Morgan fingerprint density at radius 2 is 1.65 bits per heavy atom. The highest BCUT2D eigenvalue weighted by molar-refractivity contribution is 7.87. The Morgan fingerprint density at radius 3 is 2.46 bits per heavy atom. The number of nitro benzene ring substituents is 1. The largest absolute Gasteiger partial charge is 0.456 e. The molecule has 0 aliphatic carbocycles. The number of hydrogen-bond acceptors (Lipinski definition) is 6. The monoisotopic (exact) mass is 369 g/mol. The third-order valence-electron chi connectivity index (χ3n) is 3.87. The fraction of sp³-hybridized carbons (Fsp3) is 0. The smallest absolute Gasteiger partial charge is 0.339 e. The summed E-state index contributed by atoms with van der Waals surface area (Å²) in [5.74, 6) is 0.0931. The van der Waals surface area contributed by atoms with Gasteiger partial charge in [0, 0.05) is 22.9 Å². The molecule has 0 saturated heterocycles. The molecule has 7 nitrogen and oxygen atoms in total. The van der Waals surface area contributed by atoms with Crippen LogP contribution in [0, 0.1) is 10.1 Å². The van der Waals surface area contributed by atoms with Crippen molar-refractivity contribution in [3.63, 3.8) is 0 Å². The van der Waals surface area contributed by atoms with Gasteiger partial charge in [0.05, 0.1) is 4.92 Å². The summed E-state index contributed by atoms with van der Waals surface area (Å²) in [5.41, 5.74) is 0.957. The summed E-state index contributed by atoms with van der Waals surface area (Å²) in [4.78, 5) is 9.89. The number of benzene rings is 3. The van der Waals surface area contributed by atoms with E-state index in [0.717, 1.165) is 11.5 Å². The van der Waals surface area contributed by atoms with E-state index in [1.165, 1.54) is 24.3 Å². The minimum atomic E-state index is -4.21. The van der Waals surface area contributed by atoms with Crippen LogP contribution < -0.4 is 4.18 Å². The van der Waals surface area contributed by atoms with Gasteiger partial charge in [0.1, 0.15) is 21.8 Å². The zero-order valence-electron chi connectivity index (χ0n) is 13.2. The Balaban J connectivity index is 1.75. The van der Waals surface area contributed by atoms with Crippen LogP contribution in [0.15, 0.2) is 76.0 Å². The Morgan fingerprint density at radius 1 is 0.885 bits per heavy atom. The van der Waals surface area contributed by atoms with Crippen molar-refractivity contribution >= 4 is 37.7 Å². The fourth-order valence-electron chi connectivity index (χ4n) is 2.68. The molecule has 0 aliphatic rings. The summed E-state index contributed by atoms with van der Waals surface area (Å²) in [6, 6.07) is 16.7. The molecule has 0 amide bonds.